The highest BCUT2D eigenvalue weighted by Gasteiger charge is 2.57. The molecule has 14 heteroatoms. The molecule has 15 rings (SSSR count). The maximum absolute atomic E-state index is 14.6. The standard InChI is InChI=1S/C68H72N8O6/c1-37(2)59(73-65(79)81-44-11-7-5-8-12-44)63(77)75-35-67(25-26-67)32-53(75)61-69-34-52(72-61)49-23-22-48(57-42-17-18-43(30-42)58(49)57)47-21-20-46(55-40-15-16-41(29-40)56(47)55)39-19-24-50-51(31-39)71-62(70-50)54-33-68(27-28-68)36-76(54)64(78)60(38(3)4)74-66(80)82-45-13-9-6-10-14-45/h5-14,19-24,31,34,37-38,40-43,53-54,59-60H,15-18,25-30,32-33,35-36H2,1-4H3,(H,69,72)(H,70,71)(H,73,79)(H,74,80)/t40?,41?,42?,43?,53-,54-,59-,60-/m0/s1. The summed E-state index contributed by atoms with van der Waals surface area (Å²) in [6.07, 6.45) is 13.9. The average Bonchev–Trinajstić information content (AvgIpc) is 4.24. The van der Waals surface area contributed by atoms with Crippen molar-refractivity contribution in [2.24, 2.45) is 22.7 Å². The number of amides is 4. The molecule has 0 radical (unpaired) electrons. The van der Waals surface area contributed by atoms with Gasteiger partial charge in [-0.2, -0.15) is 0 Å². The summed E-state index contributed by atoms with van der Waals surface area (Å²) in [5, 5.41) is 5.83. The van der Waals surface area contributed by atoms with E-state index < -0.39 is 24.3 Å². The number of aromatic amines is 2. The number of nitrogens with one attached hydrogen (secondary N) is 4. The summed E-state index contributed by atoms with van der Waals surface area (Å²) >= 11 is 0. The largest absolute Gasteiger partial charge is 0.413 e. The van der Waals surface area contributed by atoms with Crippen molar-refractivity contribution in [3.05, 3.63) is 143 Å². The summed E-state index contributed by atoms with van der Waals surface area (Å²) in [6, 6.07) is 32.2. The molecule has 2 aliphatic heterocycles. The van der Waals surface area contributed by atoms with Crippen molar-refractivity contribution in [2.45, 2.75) is 153 Å². The number of ether oxygens (including phenoxy) is 2. The second-order valence-corrected chi connectivity index (χ2v) is 26.4. The molecular formula is C68H72N8O6. The lowest BCUT2D eigenvalue weighted by Gasteiger charge is -2.30. The number of imidazole rings is 2. The maximum Gasteiger partial charge on any atom is 0.413 e. The summed E-state index contributed by atoms with van der Waals surface area (Å²) in [7, 11) is 0. The van der Waals surface area contributed by atoms with Gasteiger partial charge in [-0.3, -0.25) is 9.59 Å². The number of nitrogens with zero attached hydrogens (tertiary/aromatic N) is 4. The van der Waals surface area contributed by atoms with E-state index in [2.05, 4.69) is 63.1 Å². The van der Waals surface area contributed by atoms with Crippen LogP contribution in [-0.4, -0.2) is 78.9 Å². The van der Waals surface area contributed by atoms with Crippen LogP contribution in [0.5, 0.6) is 11.5 Å². The number of hydrogen-bond donors (Lipinski definition) is 4. The summed E-state index contributed by atoms with van der Waals surface area (Å²) in [4.78, 5) is 77.3. The van der Waals surface area contributed by atoms with Gasteiger partial charge in [0.05, 0.1) is 35.0 Å². The van der Waals surface area contributed by atoms with Crippen molar-refractivity contribution >= 4 is 35.0 Å². The molecule has 82 heavy (non-hydrogen) atoms. The van der Waals surface area contributed by atoms with E-state index in [1.807, 2.05) is 80.1 Å². The molecule has 4 unspecified atom stereocenters. The summed E-state index contributed by atoms with van der Waals surface area (Å²) < 4.78 is 11.2. The predicted octanol–water partition coefficient (Wildman–Crippen LogP) is 13.7. The highest BCUT2D eigenvalue weighted by molar-refractivity contribution is 5.90. The van der Waals surface area contributed by atoms with Crippen molar-refractivity contribution < 1.29 is 28.7 Å². The van der Waals surface area contributed by atoms with Crippen LogP contribution < -0.4 is 20.1 Å². The van der Waals surface area contributed by atoms with Gasteiger partial charge in [0.1, 0.15) is 35.2 Å². The molecule has 5 aromatic carbocycles. The average molecular weight is 1100 g/mol. The Balaban J connectivity index is 0.712. The Morgan fingerprint density at radius 3 is 1.52 bits per heavy atom. The van der Waals surface area contributed by atoms with Crippen LogP contribution >= 0.6 is 0 Å². The van der Waals surface area contributed by atoms with Gasteiger partial charge < -0.3 is 39.9 Å². The Morgan fingerprint density at radius 1 is 0.561 bits per heavy atom. The number of hydrogen-bond acceptors (Lipinski definition) is 8. The highest BCUT2D eigenvalue weighted by atomic mass is 16.6. The van der Waals surface area contributed by atoms with Crippen LogP contribution in [0.2, 0.25) is 0 Å². The minimum atomic E-state index is -0.749. The third-order valence-corrected chi connectivity index (χ3v) is 20.5. The minimum Gasteiger partial charge on any atom is -0.410 e. The molecule has 6 fully saturated rings. The van der Waals surface area contributed by atoms with Crippen molar-refractivity contribution in [2.75, 3.05) is 13.1 Å². The Kier molecular flexibility index (Phi) is 12.1. The molecule has 6 aliphatic carbocycles. The zero-order chi connectivity index (χ0) is 55.8. The van der Waals surface area contributed by atoms with Gasteiger partial charge in [0.2, 0.25) is 11.8 Å². The second kappa shape index (κ2) is 19.4. The van der Waals surface area contributed by atoms with Crippen LogP contribution in [0.3, 0.4) is 0 Å². The quantitative estimate of drug-likeness (QED) is 0.0882. The van der Waals surface area contributed by atoms with Crippen LogP contribution in [0, 0.1) is 22.7 Å². The Morgan fingerprint density at radius 2 is 1.02 bits per heavy atom. The first-order valence-electron chi connectivity index (χ1n) is 30.4. The van der Waals surface area contributed by atoms with E-state index in [-0.39, 0.29) is 46.6 Å². The number of aromatic nitrogens is 4. The molecule has 420 valence electrons. The van der Waals surface area contributed by atoms with Gasteiger partial charge in [0.15, 0.2) is 0 Å². The zero-order valence-electron chi connectivity index (χ0n) is 47.3. The number of likely N-dealkylation sites (tertiary alicyclic amines) is 2. The third-order valence-electron chi connectivity index (χ3n) is 20.5. The zero-order valence-corrected chi connectivity index (χ0v) is 47.3. The van der Waals surface area contributed by atoms with Crippen molar-refractivity contribution in [1.82, 2.24) is 40.4 Å². The van der Waals surface area contributed by atoms with Crippen LogP contribution in [0.4, 0.5) is 9.59 Å². The number of para-hydroxylation sites is 2. The molecule has 4 N–H and O–H groups in total. The van der Waals surface area contributed by atoms with E-state index in [1.54, 1.807) is 29.8 Å². The van der Waals surface area contributed by atoms with E-state index in [9.17, 15) is 19.2 Å². The number of carbonyl (C=O) groups is 4. The van der Waals surface area contributed by atoms with Gasteiger partial charge in [-0.05, 0) is 204 Å². The first-order valence-corrected chi connectivity index (χ1v) is 30.4. The van der Waals surface area contributed by atoms with E-state index in [0.29, 0.717) is 48.3 Å². The van der Waals surface area contributed by atoms with Gasteiger partial charge >= 0.3 is 12.2 Å². The summed E-state index contributed by atoms with van der Waals surface area (Å²) in [5.41, 5.74) is 15.6. The van der Waals surface area contributed by atoms with E-state index in [4.69, 9.17) is 19.4 Å². The number of rotatable bonds is 13. The lowest BCUT2D eigenvalue weighted by atomic mass is 9.77. The smallest absolute Gasteiger partial charge is 0.410 e. The topological polar surface area (TPSA) is 175 Å². The van der Waals surface area contributed by atoms with Crippen molar-refractivity contribution in [3.8, 4) is 45.0 Å². The molecule has 8 atom stereocenters. The second-order valence-electron chi connectivity index (χ2n) is 26.4. The fourth-order valence-electron chi connectivity index (χ4n) is 16.0. The SMILES string of the molecule is CC(C)[C@H](NC(=O)Oc1ccccc1)C(=O)N1CC2(CC2)C[C@H]1c1ncc(-c2ccc(-c3ccc(-c4ccc5nc([C@@H]6CC7(CC7)CN6C(=O)[C@@H](NC(=O)Oc6ccccc6)C(C)C)[nH]c5c4)c4c3C3CCC4C3)c3c2C2CCC3C2)[nH]1. The van der Waals surface area contributed by atoms with Gasteiger partial charge in [0.25, 0.3) is 0 Å². The van der Waals surface area contributed by atoms with Gasteiger partial charge in [-0.1, -0.05) is 94.4 Å². The lowest BCUT2D eigenvalue weighted by Crippen LogP contribution is -2.52. The molecule has 2 spiro atoms. The fraction of sp³-hybridized carbons (Fsp3) is 0.441. The molecule has 2 saturated heterocycles. The molecule has 4 amide bonds. The Bertz CT molecular complexity index is 3710. The molecular weight excluding hydrogens is 1020 g/mol. The van der Waals surface area contributed by atoms with Gasteiger partial charge in [-0.15, -0.1) is 0 Å². The maximum atomic E-state index is 14.6. The first-order chi connectivity index (χ1) is 39.8. The van der Waals surface area contributed by atoms with E-state index in [1.165, 1.54) is 83.0 Å². The Hall–Kier alpha value is -7.74. The fourth-order valence-corrected chi connectivity index (χ4v) is 16.0. The summed E-state index contributed by atoms with van der Waals surface area (Å²) in [6.45, 7) is 9.16. The van der Waals surface area contributed by atoms with E-state index >= 15 is 0 Å². The molecule has 4 bridgehead atoms. The molecule has 14 nitrogen and oxygen atoms in total. The first kappa shape index (κ1) is 51.2. The summed E-state index contributed by atoms with van der Waals surface area (Å²) in [5.74, 6) is 4.01. The van der Waals surface area contributed by atoms with Crippen LogP contribution in [0.1, 0.15) is 174 Å². The normalized spacial score (nSPS) is 24.4. The predicted molar refractivity (Wildman–Crippen MR) is 313 cm³/mol. The van der Waals surface area contributed by atoms with Gasteiger partial charge in [0, 0.05) is 18.7 Å². The van der Waals surface area contributed by atoms with Crippen LogP contribution in [-0.2, 0) is 9.59 Å². The molecule has 2 aromatic heterocycles. The number of H-pyrrole nitrogens is 2. The highest BCUT2D eigenvalue weighted by Crippen LogP contribution is 2.64. The lowest BCUT2D eigenvalue weighted by molar-refractivity contribution is -0.136. The molecule has 4 saturated carbocycles. The van der Waals surface area contributed by atoms with Crippen LogP contribution in [0.15, 0.2) is 109 Å². The molecule has 4 heterocycles. The number of fused-ring (bicyclic) bond motifs is 11. The van der Waals surface area contributed by atoms with Crippen LogP contribution in [0.25, 0.3) is 44.5 Å². The number of benzene rings is 5. The Labute approximate surface area is 478 Å². The van der Waals surface area contributed by atoms with E-state index in [0.717, 1.165) is 66.9 Å². The minimum absolute atomic E-state index is 0.0850. The van der Waals surface area contributed by atoms with Crippen molar-refractivity contribution in [3.63, 3.8) is 0 Å². The molecule has 8 aliphatic rings. The van der Waals surface area contributed by atoms with Crippen molar-refractivity contribution in [1.29, 1.82) is 0 Å². The monoisotopic (exact) mass is 1100 g/mol. The molecule has 7 aromatic rings. The van der Waals surface area contributed by atoms with Gasteiger partial charge in [-0.25, -0.2) is 19.6 Å². The third kappa shape index (κ3) is 8.79. The number of carbonyl (C=O) groups excluding carboxylic acids is 4.